The van der Waals surface area contributed by atoms with Crippen LogP contribution in [-0.4, -0.2) is 0 Å². The molecule has 0 aliphatic heterocycles. The summed E-state index contributed by atoms with van der Waals surface area (Å²) >= 11 is 0. The van der Waals surface area contributed by atoms with Crippen LogP contribution < -0.4 is 5.73 Å². The first-order valence-electron chi connectivity index (χ1n) is 6.22. The van der Waals surface area contributed by atoms with Crippen LogP contribution >= 0.6 is 0 Å². The minimum atomic E-state index is -0.406. The van der Waals surface area contributed by atoms with E-state index in [9.17, 15) is 4.39 Å². The van der Waals surface area contributed by atoms with E-state index in [2.05, 4.69) is 13.0 Å². The van der Waals surface area contributed by atoms with Gasteiger partial charge in [-0.25, -0.2) is 4.39 Å². The van der Waals surface area contributed by atoms with Crippen LogP contribution in [0.15, 0.2) is 42.5 Å². The molecular formula is C16H18FN. The third-order valence-electron chi connectivity index (χ3n) is 3.20. The molecule has 0 fully saturated rings. The molecule has 2 heteroatoms. The first-order valence-corrected chi connectivity index (χ1v) is 6.22. The van der Waals surface area contributed by atoms with Gasteiger partial charge in [-0.3, -0.25) is 0 Å². The third kappa shape index (κ3) is 2.59. The molecule has 0 saturated heterocycles. The molecule has 2 aromatic rings. The number of halogens is 1. The summed E-state index contributed by atoms with van der Waals surface area (Å²) in [6.45, 7) is 4.04. The molecule has 0 heterocycles. The summed E-state index contributed by atoms with van der Waals surface area (Å²) in [6.07, 6.45) is 0.955. The highest BCUT2D eigenvalue weighted by Gasteiger charge is 2.13. The fourth-order valence-corrected chi connectivity index (χ4v) is 2.09. The summed E-state index contributed by atoms with van der Waals surface area (Å²) in [5.41, 5.74) is 9.93. The molecule has 1 atom stereocenters. The Labute approximate surface area is 107 Å². The quantitative estimate of drug-likeness (QED) is 0.873. The minimum absolute atomic E-state index is 0.241. The zero-order valence-electron chi connectivity index (χ0n) is 10.8. The normalized spacial score (nSPS) is 12.4. The topological polar surface area (TPSA) is 26.0 Å². The average Bonchev–Trinajstić information content (AvgIpc) is 2.41. The molecule has 18 heavy (non-hydrogen) atoms. The highest BCUT2D eigenvalue weighted by atomic mass is 19.1. The van der Waals surface area contributed by atoms with Gasteiger partial charge < -0.3 is 5.73 Å². The number of benzene rings is 2. The molecule has 0 amide bonds. The van der Waals surface area contributed by atoms with Gasteiger partial charge in [-0.2, -0.15) is 0 Å². The monoisotopic (exact) mass is 243 g/mol. The van der Waals surface area contributed by atoms with Crippen LogP contribution in [0.3, 0.4) is 0 Å². The number of hydrogen-bond donors (Lipinski definition) is 1. The molecule has 0 saturated carbocycles. The molecule has 1 unspecified atom stereocenters. The average molecular weight is 243 g/mol. The van der Waals surface area contributed by atoms with E-state index in [0.29, 0.717) is 5.56 Å². The van der Waals surface area contributed by atoms with Crippen LogP contribution in [0.4, 0.5) is 4.39 Å². The van der Waals surface area contributed by atoms with E-state index in [1.165, 1.54) is 11.6 Å². The Morgan fingerprint density at radius 3 is 2.67 bits per heavy atom. The van der Waals surface area contributed by atoms with E-state index in [1.54, 1.807) is 6.07 Å². The summed E-state index contributed by atoms with van der Waals surface area (Å²) in [6, 6.07) is 12.7. The van der Waals surface area contributed by atoms with Gasteiger partial charge in [0.2, 0.25) is 0 Å². The van der Waals surface area contributed by atoms with Gasteiger partial charge >= 0.3 is 0 Å². The zero-order chi connectivity index (χ0) is 13.1. The van der Waals surface area contributed by atoms with Crippen molar-refractivity contribution in [3.05, 3.63) is 70.5 Å². The first kappa shape index (κ1) is 12.8. The standard InChI is InChI=1S/C16H18FN/c1-3-12-5-4-6-13(10-12)16(18)14-9-11(2)7-8-15(14)17/h4-10,16H,3,18H2,1-2H3. The molecule has 0 aliphatic rings. The van der Waals surface area contributed by atoms with Crippen molar-refractivity contribution >= 4 is 0 Å². The molecule has 0 aliphatic carbocycles. The third-order valence-corrected chi connectivity index (χ3v) is 3.20. The van der Waals surface area contributed by atoms with Crippen LogP contribution in [0.25, 0.3) is 0 Å². The first-order chi connectivity index (χ1) is 8.61. The van der Waals surface area contributed by atoms with E-state index in [4.69, 9.17) is 5.73 Å². The second-order valence-electron chi connectivity index (χ2n) is 4.60. The number of hydrogen-bond acceptors (Lipinski definition) is 1. The molecule has 94 valence electrons. The van der Waals surface area contributed by atoms with Gasteiger partial charge in [-0.1, -0.05) is 48.9 Å². The molecule has 0 radical (unpaired) electrons. The largest absolute Gasteiger partial charge is 0.320 e. The SMILES string of the molecule is CCc1cccc(C(N)c2cc(C)ccc2F)c1. The summed E-state index contributed by atoms with van der Waals surface area (Å²) in [4.78, 5) is 0. The lowest BCUT2D eigenvalue weighted by Gasteiger charge is -2.15. The van der Waals surface area contributed by atoms with E-state index in [1.807, 2.05) is 31.2 Å². The molecule has 0 bridgehead atoms. The van der Waals surface area contributed by atoms with Crippen LogP contribution in [-0.2, 0) is 6.42 Å². The molecule has 2 rings (SSSR count). The molecule has 2 aromatic carbocycles. The predicted molar refractivity (Wildman–Crippen MR) is 73.0 cm³/mol. The van der Waals surface area contributed by atoms with E-state index < -0.39 is 6.04 Å². The van der Waals surface area contributed by atoms with E-state index in [0.717, 1.165) is 17.5 Å². The van der Waals surface area contributed by atoms with Crippen molar-refractivity contribution in [1.29, 1.82) is 0 Å². The van der Waals surface area contributed by atoms with Crippen molar-refractivity contribution in [2.45, 2.75) is 26.3 Å². The lowest BCUT2D eigenvalue weighted by molar-refractivity contribution is 0.599. The molecular weight excluding hydrogens is 225 g/mol. The maximum atomic E-state index is 13.8. The fourth-order valence-electron chi connectivity index (χ4n) is 2.09. The van der Waals surface area contributed by atoms with E-state index in [-0.39, 0.29) is 5.82 Å². The lowest BCUT2D eigenvalue weighted by atomic mass is 9.96. The molecule has 2 N–H and O–H groups in total. The number of rotatable bonds is 3. The second kappa shape index (κ2) is 5.32. The number of nitrogens with two attached hydrogens (primary N) is 1. The van der Waals surface area contributed by atoms with Crippen molar-refractivity contribution in [2.24, 2.45) is 5.73 Å². The van der Waals surface area contributed by atoms with Crippen molar-refractivity contribution < 1.29 is 4.39 Å². The van der Waals surface area contributed by atoms with Crippen LogP contribution in [0.5, 0.6) is 0 Å². The Bertz CT molecular complexity index is 549. The van der Waals surface area contributed by atoms with Crippen LogP contribution in [0, 0.1) is 12.7 Å². The van der Waals surface area contributed by atoms with Gasteiger partial charge in [0.25, 0.3) is 0 Å². The van der Waals surface area contributed by atoms with Gasteiger partial charge in [-0.15, -0.1) is 0 Å². The van der Waals surface area contributed by atoms with Crippen LogP contribution in [0.1, 0.15) is 35.2 Å². The summed E-state index contributed by atoms with van der Waals surface area (Å²) < 4.78 is 13.8. The van der Waals surface area contributed by atoms with Crippen LogP contribution in [0.2, 0.25) is 0 Å². The van der Waals surface area contributed by atoms with Gasteiger partial charge in [0, 0.05) is 5.56 Å². The van der Waals surface area contributed by atoms with Gasteiger partial charge in [0.15, 0.2) is 0 Å². The lowest BCUT2D eigenvalue weighted by Crippen LogP contribution is -2.14. The van der Waals surface area contributed by atoms with Gasteiger partial charge in [0.1, 0.15) is 5.82 Å². The highest BCUT2D eigenvalue weighted by molar-refractivity contribution is 5.36. The Morgan fingerprint density at radius 1 is 1.17 bits per heavy atom. The van der Waals surface area contributed by atoms with Crippen molar-refractivity contribution in [1.82, 2.24) is 0 Å². The minimum Gasteiger partial charge on any atom is -0.320 e. The zero-order valence-corrected chi connectivity index (χ0v) is 10.8. The Hall–Kier alpha value is -1.67. The fraction of sp³-hybridized carbons (Fsp3) is 0.250. The maximum Gasteiger partial charge on any atom is 0.128 e. The summed E-state index contributed by atoms with van der Waals surface area (Å²) in [5, 5.41) is 0. The molecule has 0 spiro atoms. The Balaban J connectivity index is 2.40. The second-order valence-corrected chi connectivity index (χ2v) is 4.60. The number of aryl methyl sites for hydroxylation is 2. The maximum absolute atomic E-state index is 13.8. The van der Waals surface area contributed by atoms with Gasteiger partial charge in [-0.05, 0) is 30.5 Å². The molecule has 1 nitrogen and oxygen atoms in total. The summed E-state index contributed by atoms with van der Waals surface area (Å²) in [7, 11) is 0. The van der Waals surface area contributed by atoms with Crippen molar-refractivity contribution in [2.75, 3.05) is 0 Å². The van der Waals surface area contributed by atoms with E-state index >= 15 is 0 Å². The summed E-state index contributed by atoms with van der Waals surface area (Å²) in [5.74, 6) is -0.241. The predicted octanol–water partition coefficient (Wildman–Crippen LogP) is 3.74. The molecule has 0 aromatic heterocycles. The Morgan fingerprint density at radius 2 is 1.94 bits per heavy atom. The van der Waals surface area contributed by atoms with Gasteiger partial charge in [0.05, 0.1) is 6.04 Å². The Kier molecular flexibility index (Phi) is 3.78. The van der Waals surface area contributed by atoms with Crippen molar-refractivity contribution in [3.63, 3.8) is 0 Å². The highest BCUT2D eigenvalue weighted by Crippen LogP contribution is 2.24. The van der Waals surface area contributed by atoms with Crippen molar-refractivity contribution in [3.8, 4) is 0 Å². The smallest absolute Gasteiger partial charge is 0.128 e.